The van der Waals surface area contributed by atoms with Gasteiger partial charge in [-0.2, -0.15) is 10.1 Å². The maximum absolute atomic E-state index is 12.0. The predicted octanol–water partition coefficient (Wildman–Crippen LogP) is 3.55. The number of rotatable bonds is 4. The van der Waals surface area contributed by atoms with Crippen LogP contribution in [-0.2, 0) is 11.4 Å². The van der Waals surface area contributed by atoms with Gasteiger partial charge in [0.2, 0.25) is 11.9 Å². The fourth-order valence-electron chi connectivity index (χ4n) is 2.89. The third kappa shape index (κ3) is 3.28. The van der Waals surface area contributed by atoms with Crippen LogP contribution >= 0.6 is 15.9 Å². The minimum atomic E-state index is -0.255. The Morgan fingerprint density at radius 1 is 1.24 bits per heavy atom. The number of anilines is 1. The van der Waals surface area contributed by atoms with Crippen molar-refractivity contribution in [2.45, 2.75) is 19.1 Å². The number of nitrogens with zero attached hydrogens (tertiary/aromatic N) is 3. The van der Waals surface area contributed by atoms with Crippen LogP contribution in [0.5, 0.6) is 5.75 Å². The van der Waals surface area contributed by atoms with Gasteiger partial charge in [-0.05, 0) is 23.8 Å². The van der Waals surface area contributed by atoms with Gasteiger partial charge in [0.05, 0.1) is 12.5 Å². The van der Waals surface area contributed by atoms with E-state index in [1.54, 1.807) is 4.68 Å². The summed E-state index contributed by atoms with van der Waals surface area (Å²) in [5, 5.41) is 6.99. The number of halogens is 1. The second-order valence-corrected chi connectivity index (χ2v) is 6.67. The molecule has 4 rings (SSSR count). The predicted molar refractivity (Wildman–Crippen MR) is 96.3 cm³/mol. The van der Waals surface area contributed by atoms with Gasteiger partial charge in [0, 0.05) is 10.0 Å². The van der Waals surface area contributed by atoms with Gasteiger partial charge in [-0.15, -0.1) is 0 Å². The van der Waals surface area contributed by atoms with Crippen LogP contribution in [0.3, 0.4) is 0 Å². The molecule has 0 fully saturated rings. The van der Waals surface area contributed by atoms with Crippen LogP contribution in [0.2, 0.25) is 0 Å². The summed E-state index contributed by atoms with van der Waals surface area (Å²) in [5.74, 6) is 1.10. The molecule has 0 saturated carbocycles. The third-order valence-electron chi connectivity index (χ3n) is 4.07. The summed E-state index contributed by atoms with van der Waals surface area (Å²) < 4.78 is 8.68. The number of nitrogens with one attached hydrogen (secondary N) is 1. The highest BCUT2D eigenvalue weighted by molar-refractivity contribution is 9.10. The molecular weight excluding hydrogens is 384 g/mol. The summed E-state index contributed by atoms with van der Waals surface area (Å²) >= 11 is 3.50. The molecule has 1 atom stereocenters. The highest BCUT2D eigenvalue weighted by atomic mass is 79.9. The van der Waals surface area contributed by atoms with E-state index in [-0.39, 0.29) is 18.4 Å². The van der Waals surface area contributed by atoms with Crippen molar-refractivity contribution in [2.75, 3.05) is 5.32 Å². The van der Waals surface area contributed by atoms with Gasteiger partial charge < -0.3 is 4.74 Å². The van der Waals surface area contributed by atoms with Crippen LogP contribution in [0.1, 0.15) is 23.6 Å². The first kappa shape index (κ1) is 15.8. The highest BCUT2D eigenvalue weighted by Crippen LogP contribution is 2.36. The maximum atomic E-state index is 12.0. The second kappa shape index (κ2) is 6.68. The molecule has 0 saturated heterocycles. The zero-order chi connectivity index (χ0) is 17.2. The van der Waals surface area contributed by atoms with Crippen molar-refractivity contribution in [1.82, 2.24) is 14.8 Å². The number of amides is 1. The number of ether oxygens (including phenoxy) is 1. The zero-order valence-corrected chi connectivity index (χ0v) is 14.8. The number of carbonyl (C=O) groups is 1. The van der Waals surface area contributed by atoms with E-state index < -0.39 is 0 Å². The van der Waals surface area contributed by atoms with E-state index >= 15 is 0 Å². The number of aromatic nitrogens is 3. The Bertz CT molecular complexity index is 910. The molecular formula is C18H15BrN4O2. The molecule has 1 aliphatic heterocycles. The van der Waals surface area contributed by atoms with E-state index in [4.69, 9.17) is 4.74 Å². The van der Waals surface area contributed by atoms with Crippen LogP contribution in [0.25, 0.3) is 0 Å². The number of fused-ring (bicyclic) bond motifs is 1. The summed E-state index contributed by atoms with van der Waals surface area (Å²) in [6.07, 6.45) is 1.73. The van der Waals surface area contributed by atoms with Crippen LogP contribution in [0, 0.1) is 0 Å². The van der Waals surface area contributed by atoms with Crippen molar-refractivity contribution < 1.29 is 9.53 Å². The minimum absolute atomic E-state index is 0.0838. The van der Waals surface area contributed by atoms with E-state index in [2.05, 4.69) is 31.3 Å². The Morgan fingerprint density at radius 3 is 2.92 bits per heavy atom. The lowest BCUT2D eigenvalue weighted by Gasteiger charge is -2.25. The molecule has 1 unspecified atom stereocenters. The molecule has 0 radical (unpaired) electrons. The maximum Gasteiger partial charge on any atom is 0.229 e. The van der Waals surface area contributed by atoms with Crippen molar-refractivity contribution in [3.63, 3.8) is 0 Å². The average molecular weight is 399 g/mol. The van der Waals surface area contributed by atoms with Crippen LogP contribution in [0.15, 0.2) is 59.3 Å². The SMILES string of the molecule is O=C1CC(c2cc(Br)ccc2OCc2ccccc2)n2ncnc2N1. The van der Waals surface area contributed by atoms with Crippen molar-refractivity contribution in [2.24, 2.45) is 0 Å². The van der Waals surface area contributed by atoms with Crippen molar-refractivity contribution in [1.29, 1.82) is 0 Å². The Hall–Kier alpha value is -2.67. The minimum Gasteiger partial charge on any atom is -0.489 e. The summed E-state index contributed by atoms with van der Waals surface area (Å²) in [6.45, 7) is 0.457. The van der Waals surface area contributed by atoms with Crippen LogP contribution in [0.4, 0.5) is 5.95 Å². The van der Waals surface area contributed by atoms with Crippen molar-refractivity contribution in [3.05, 3.63) is 70.5 Å². The van der Waals surface area contributed by atoms with Gasteiger partial charge in [-0.3, -0.25) is 10.1 Å². The van der Waals surface area contributed by atoms with E-state index in [1.807, 2.05) is 48.5 Å². The zero-order valence-electron chi connectivity index (χ0n) is 13.2. The largest absolute Gasteiger partial charge is 0.489 e. The van der Waals surface area contributed by atoms with Gasteiger partial charge in [0.1, 0.15) is 18.7 Å². The molecule has 7 heteroatoms. The van der Waals surface area contributed by atoms with Gasteiger partial charge >= 0.3 is 0 Å². The lowest BCUT2D eigenvalue weighted by atomic mass is 10.0. The molecule has 2 aromatic carbocycles. The number of hydrogen-bond acceptors (Lipinski definition) is 4. The van der Waals surface area contributed by atoms with E-state index in [9.17, 15) is 4.79 Å². The smallest absolute Gasteiger partial charge is 0.229 e. The lowest BCUT2D eigenvalue weighted by Crippen LogP contribution is -2.29. The summed E-state index contributed by atoms with van der Waals surface area (Å²) in [6, 6.07) is 15.5. The molecule has 1 aliphatic rings. The Morgan fingerprint density at radius 2 is 2.08 bits per heavy atom. The van der Waals surface area contributed by atoms with Gasteiger partial charge in [0.15, 0.2) is 0 Å². The molecule has 1 aromatic heterocycles. The quantitative estimate of drug-likeness (QED) is 0.729. The molecule has 1 amide bonds. The third-order valence-corrected chi connectivity index (χ3v) is 4.56. The van der Waals surface area contributed by atoms with E-state index in [0.29, 0.717) is 12.6 Å². The van der Waals surface area contributed by atoms with Gasteiger partial charge in [-0.1, -0.05) is 46.3 Å². The standard InChI is InChI=1S/C18H15BrN4O2/c19-13-6-7-16(25-10-12-4-2-1-3-5-12)14(8-13)15-9-17(24)22-18-20-11-21-23(15)18/h1-8,11,15H,9-10H2,(H,20,21,22,24). The van der Waals surface area contributed by atoms with Crippen LogP contribution in [-0.4, -0.2) is 20.7 Å². The molecule has 126 valence electrons. The van der Waals surface area contributed by atoms with Crippen LogP contribution < -0.4 is 10.1 Å². The Kier molecular flexibility index (Phi) is 4.23. The summed E-state index contributed by atoms with van der Waals surface area (Å²) in [4.78, 5) is 16.1. The van der Waals surface area contributed by atoms with E-state index in [1.165, 1.54) is 6.33 Å². The molecule has 1 N–H and O–H groups in total. The Labute approximate surface area is 153 Å². The topological polar surface area (TPSA) is 69.0 Å². The first-order chi connectivity index (χ1) is 12.2. The number of hydrogen-bond donors (Lipinski definition) is 1. The van der Waals surface area contributed by atoms with Gasteiger partial charge in [-0.25, -0.2) is 4.68 Å². The lowest BCUT2D eigenvalue weighted by molar-refractivity contribution is -0.117. The molecule has 25 heavy (non-hydrogen) atoms. The molecule has 6 nitrogen and oxygen atoms in total. The number of benzene rings is 2. The van der Waals surface area contributed by atoms with Crippen molar-refractivity contribution >= 4 is 27.8 Å². The normalized spacial score (nSPS) is 16.2. The first-order valence-corrected chi connectivity index (χ1v) is 8.65. The van der Waals surface area contributed by atoms with E-state index in [0.717, 1.165) is 21.3 Å². The average Bonchev–Trinajstić information content (AvgIpc) is 3.09. The fourth-order valence-corrected chi connectivity index (χ4v) is 3.27. The molecule has 0 aliphatic carbocycles. The second-order valence-electron chi connectivity index (χ2n) is 5.75. The van der Waals surface area contributed by atoms with Crippen molar-refractivity contribution in [3.8, 4) is 5.75 Å². The fraction of sp³-hybridized carbons (Fsp3) is 0.167. The molecule has 2 heterocycles. The monoisotopic (exact) mass is 398 g/mol. The highest BCUT2D eigenvalue weighted by Gasteiger charge is 2.30. The number of carbonyl (C=O) groups excluding carboxylic acids is 1. The van der Waals surface area contributed by atoms with Gasteiger partial charge in [0.25, 0.3) is 0 Å². The summed E-state index contributed by atoms with van der Waals surface area (Å²) in [7, 11) is 0. The molecule has 0 spiro atoms. The summed E-state index contributed by atoms with van der Waals surface area (Å²) in [5.41, 5.74) is 1.98. The molecule has 0 bridgehead atoms. The first-order valence-electron chi connectivity index (χ1n) is 7.86. The Balaban J connectivity index is 1.68. The molecule has 3 aromatic rings.